The molecule has 2 heterocycles. The van der Waals surface area contributed by atoms with Crippen molar-refractivity contribution in [2.75, 3.05) is 13.2 Å². The van der Waals surface area contributed by atoms with Crippen LogP contribution in [0.25, 0.3) is 0 Å². The highest BCUT2D eigenvalue weighted by Crippen LogP contribution is 2.42. The van der Waals surface area contributed by atoms with Crippen molar-refractivity contribution in [3.8, 4) is 0 Å². The average Bonchev–Trinajstić information content (AvgIpc) is 3.06. The molecule has 0 bridgehead atoms. The van der Waals surface area contributed by atoms with Crippen LogP contribution in [-0.4, -0.2) is 34.7 Å². The van der Waals surface area contributed by atoms with Gasteiger partial charge in [-0.25, -0.2) is 4.98 Å². The molecule has 1 aromatic heterocycles. The fourth-order valence-electron chi connectivity index (χ4n) is 2.43. The number of hydrogen-bond donors (Lipinski definition) is 0. The zero-order valence-electron chi connectivity index (χ0n) is 11.5. The third-order valence-electron chi connectivity index (χ3n) is 3.90. The summed E-state index contributed by atoms with van der Waals surface area (Å²) in [6.45, 7) is 9.55. The van der Waals surface area contributed by atoms with Crippen molar-refractivity contribution < 1.29 is 4.74 Å². The molecule has 2 aliphatic rings. The van der Waals surface area contributed by atoms with Gasteiger partial charge in [-0.2, -0.15) is 0 Å². The molecule has 3 rings (SSSR count). The van der Waals surface area contributed by atoms with Crippen LogP contribution in [0.3, 0.4) is 0 Å². The van der Waals surface area contributed by atoms with Gasteiger partial charge >= 0.3 is 0 Å². The number of thiazole rings is 1. The van der Waals surface area contributed by atoms with Crippen molar-refractivity contribution in [2.45, 2.75) is 57.7 Å². The van der Waals surface area contributed by atoms with E-state index in [-0.39, 0.29) is 5.54 Å². The summed E-state index contributed by atoms with van der Waals surface area (Å²) in [5, 5.41) is 1.35. The van der Waals surface area contributed by atoms with Crippen LogP contribution in [0.4, 0.5) is 0 Å². The van der Waals surface area contributed by atoms with Crippen molar-refractivity contribution in [3.63, 3.8) is 0 Å². The lowest BCUT2D eigenvalue weighted by atomic mass is 10.0. The molecule has 1 aliphatic heterocycles. The zero-order chi connectivity index (χ0) is 12.8. The molecule has 0 amide bonds. The summed E-state index contributed by atoms with van der Waals surface area (Å²) in [5.74, 6) is 0.778. The Hall–Kier alpha value is -0.450. The van der Waals surface area contributed by atoms with E-state index in [1.54, 1.807) is 0 Å². The molecule has 18 heavy (non-hydrogen) atoms. The first kappa shape index (κ1) is 12.6. The van der Waals surface area contributed by atoms with Crippen LogP contribution >= 0.6 is 11.3 Å². The van der Waals surface area contributed by atoms with Crippen molar-refractivity contribution in [3.05, 3.63) is 16.1 Å². The molecule has 0 radical (unpaired) electrons. The Balaban J connectivity index is 1.69. The predicted octanol–water partition coefficient (Wildman–Crippen LogP) is 3.02. The fourth-order valence-corrected chi connectivity index (χ4v) is 3.53. The van der Waals surface area contributed by atoms with E-state index in [0.717, 1.165) is 25.6 Å². The monoisotopic (exact) mass is 266 g/mol. The van der Waals surface area contributed by atoms with Gasteiger partial charge in [0.1, 0.15) is 0 Å². The van der Waals surface area contributed by atoms with Crippen LogP contribution in [0.1, 0.15) is 49.4 Å². The van der Waals surface area contributed by atoms with Crippen molar-refractivity contribution in [1.82, 2.24) is 9.88 Å². The lowest BCUT2D eigenvalue weighted by Gasteiger charge is -2.44. The maximum absolute atomic E-state index is 5.76. The number of aromatic nitrogens is 1. The molecular weight excluding hydrogens is 244 g/mol. The summed E-state index contributed by atoms with van der Waals surface area (Å²) in [5.41, 5.74) is 0.135. The molecule has 1 atom stereocenters. The van der Waals surface area contributed by atoms with E-state index in [4.69, 9.17) is 4.74 Å². The Morgan fingerprint density at radius 3 is 3.00 bits per heavy atom. The van der Waals surface area contributed by atoms with Crippen LogP contribution in [0, 0.1) is 0 Å². The third kappa shape index (κ3) is 2.60. The van der Waals surface area contributed by atoms with Crippen LogP contribution in [0.2, 0.25) is 0 Å². The summed E-state index contributed by atoms with van der Waals surface area (Å²) >= 11 is 1.91. The van der Waals surface area contributed by atoms with Gasteiger partial charge < -0.3 is 4.74 Å². The second-order valence-corrected chi connectivity index (χ2v) is 7.40. The second kappa shape index (κ2) is 4.58. The first-order valence-electron chi connectivity index (χ1n) is 6.86. The molecule has 1 aliphatic carbocycles. The summed E-state index contributed by atoms with van der Waals surface area (Å²) in [6, 6.07) is 0. The minimum Gasteiger partial charge on any atom is -0.375 e. The molecule has 2 fully saturated rings. The largest absolute Gasteiger partial charge is 0.375 e. The van der Waals surface area contributed by atoms with E-state index < -0.39 is 0 Å². The minimum atomic E-state index is 0.135. The SMILES string of the molecule is C[C@H]1CN(Cc2cnc(C3CC3)s2)C(C)(C)CO1. The quantitative estimate of drug-likeness (QED) is 0.841. The highest BCUT2D eigenvalue weighted by molar-refractivity contribution is 7.11. The fraction of sp³-hybridized carbons (Fsp3) is 0.786. The van der Waals surface area contributed by atoms with Gasteiger partial charge in [-0.1, -0.05) is 0 Å². The summed E-state index contributed by atoms with van der Waals surface area (Å²) in [7, 11) is 0. The molecule has 4 heteroatoms. The Labute approximate surface area is 113 Å². The minimum absolute atomic E-state index is 0.135. The van der Waals surface area contributed by atoms with Gasteiger partial charge in [-0.3, -0.25) is 4.90 Å². The first-order valence-corrected chi connectivity index (χ1v) is 7.67. The highest BCUT2D eigenvalue weighted by Gasteiger charge is 2.34. The average molecular weight is 266 g/mol. The second-order valence-electron chi connectivity index (χ2n) is 6.25. The summed E-state index contributed by atoms with van der Waals surface area (Å²) in [4.78, 5) is 8.51. The topological polar surface area (TPSA) is 25.4 Å². The van der Waals surface area contributed by atoms with Gasteiger partial charge in [0.25, 0.3) is 0 Å². The van der Waals surface area contributed by atoms with E-state index in [9.17, 15) is 0 Å². The lowest BCUT2D eigenvalue weighted by Crippen LogP contribution is -2.54. The van der Waals surface area contributed by atoms with E-state index >= 15 is 0 Å². The molecule has 0 N–H and O–H groups in total. The van der Waals surface area contributed by atoms with Gasteiger partial charge in [0, 0.05) is 35.6 Å². The third-order valence-corrected chi connectivity index (χ3v) is 5.04. The van der Waals surface area contributed by atoms with Crippen LogP contribution in [0.5, 0.6) is 0 Å². The predicted molar refractivity (Wildman–Crippen MR) is 74.0 cm³/mol. The van der Waals surface area contributed by atoms with Crippen molar-refractivity contribution >= 4 is 11.3 Å². The highest BCUT2D eigenvalue weighted by atomic mass is 32.1. The van der Waals surface area contributed by atoms with Crippen LogP contribution in [-0.2, 0) is 11.3 Å². The molecule has 0 unspecified atom stereocenters. The van der Waals surface area contributed by atoms with E-state index in [1.807, 2.05) is 11.3 Å². The van der Waals surface area contributed by atoms with E-state index in [1.165, 1.54) is 22.7 Å². The Morgan fingerprint density at radius 2 is 2.28 bits per heavy atom. The van der Waals surface area contributed by atoms with Gasteiger partial charge in [0.05, 0.1) is 17.7 Å². The van der Waals surface area contributed by atoms with Crippen LogP contribution < -0.4 is 0 Å². The first-order chi connectivity index (χ1) is 8.54. The molecule has 0 aromatic carbocycles. The normalized spacial score (nSPS) is 28.5. The van der Waals surface area contributed by atoms with Gasteiger partial charge in [-0.05, 0) is 33.6 Å². The molecule has 3 nitrogen and oxygen atoms in total. The summed E-state index contributed by atoms with van der Waals surface area (Å²) in [6.07, 6.45) is 5.10. The number of hydrogen-bond acceptors (Lipinski definition) is 4. The number of morpholine rings is 1. The molecule has 1 saturated carbocycles. The maximum atomic E-state index is 5.76. The number of nitrogens with zero attached hydrogens (tertiary/aromatic N) is 2. The molecule has 1 aromatic rings. The Morgan fingerprint density at radius 1 is 1.50 bits per heavy atom. The molecule has 0 spiro atoms. The standard InChI is InChI=1S/C14H22N2OS/c1-10-7-16(14(2,3)9-17-10)8-12-6-15-13(18-12)11-4-5-11/h6,10-11H,4-5,7-9H2,1-3H3/t10-/m0/s1. The van der Waals surface area contributed by atoms with Gasteiger partial charge in [-0.15, -0.1) is 11.3 Å². The lowest BCUT2D eigenvalue weighted by molar-refractivity contribution is -0.0946. The maximum Gasteiger partial charge on any atom is 0.0959 e. The van der Waals surface area contributed by atoms with Gasteiger partial charge in [0.2, 0.25) is 0 Å². The molecule has 100 valence electrons. The van der Waals surface area contributed by atoms with E-state index in [2.05, 4.69) is 36.9 Å². The molecule has 1 saturated heterocycles. The van der Waals surface area contributed by atoms with Crippen molar-refractivity contribution in [2.24, 2.45) is 0 Å². The molecular formula is C14H22N2OS. The number of rotatable bonds is 3. The summed E-state index contributed by atoms with van der Waals surface area (Å²) < 4.78 is 5.76. The Bertz CT molecular complexity index is 425. The van der Waals surface area contributed by atoms with E-state index in [0.29, 0.717) is 6.10 Å². The van der Waals surface area contributed by atoms with Crippen molar-refractivity contribution in [1.29, 1.82) is 0 Å². The Kier molecular flexibility index (Phi) is 3.20. The van der Waals surface area contributed by atoms with Crippen LogP contribution in [0.15, 0.2) is 6.20 Å². The zero-order valence-corrected chi connectivity index (χ0v) is 12.3. The van der Waals surface area contributed by atoms with Gasteiger partial charge in [0.15, 0.2) is 0 Å². The smallest absolute Gasteiger partial charge is 0.0959 e. The number of ether oxygens (including phenoxy) is 1.